The summed E-state index contributed by atoms with van der Waals surface area (Å²) in [7, 11) is 0. The number of allylic oxidation sites excluding steroid dienone is 5. The van der Waals surface area contributed by atoms with Gasteiger partial charge in [-0.05, 0) is 56.6 Å². The molecule has 0 N–H and O–H groups in total. The Morgan fingerprint density at radius 2 is 2.11 bits per heavy atom. The Bertz CT molecular complexity index is 423. The van der Waals surface area contributed by atoms with Crippen molar-refractivity contribution in [3.63, 3.8) is 0 Å². The number of hydrogen-bond acceptors (Lipinski definition) is 2. The van der Waals surface area contributed by atoms with Crippen LogP contribution >= 0.6 is 0 Å². The lowest BCUT2D eigenvalue weighted by Crippen LogP contribution is -2.19. The lowest BCUT2D eigenvalue weighted by atomic mass is 9.72. The predicted octanol–water partition coefficient (Wildman–Crippen LogP) is 4.58. The van der Waals surface area contributed by atoms with E-state index in [1.807, 2.05) is 19.9 Å². The molecule has 0 bridgehead atoms. The highest BCUT2D eigenvalue weighted by Gasteiger charge is 2.26. The van der Waals surface area contributed by atoms with Crippen LogP contribution in [-0.4, -0.2) is 12.6 Å². The van der Waals surface area contributed by atoms with E-state index in [0.29, 0.717) is 6.61 Å². The van der Waals surface area contributed by atoms with Crippen LogP contribution in [0.4, 0.5) is 0 Å². The molecule has 106 valence electrons. The molecule has 0 aromatic heterocycles. The van der Waals surface area contributed by atoms with E-state index in [0.717, 1.165) is 5.57 Å². The van der Waals surface area contributed by atoms with E-state index >= 15 is 0 Å². The summed E-state index contributed by atoms with van der Waals surface area (Å²) in [6, 6.07) is 0. The Hall–Kier alpha value is -1.31. The maximum Gasteiger partial charge on any atom is 0.330 e. The summed E-state index contributed by atoms with van der Waals surface area (Å²) in [5.41, 5.74) is 4.05. The van der Waals surface area contributed by atoms with Gasteiger partial charge in [-0.3, -0.25) is 0 Å². The third-order valence-electron chi connectivity index (χ3n) is 3.69. The number of carbonyl (C=O) groups excluding carboxylic acids is 1. The minimum Gasteiger partial charge on any atom is -0.463 e. The molecule has 0 heterocycles. The minimum absolute atomic E-state index is 0.239. The quantitative estimate of drug-likeness (QED) is 0.421. The van der Waals surface area contributed by atoms with Crippen molar-refractivity contribution in [1.82, 2.24) is 0 Å². The van der Waals surface area contributed by atoms with Gasteiger partial charge in [0.2, 0.25) is 0 Å². The molecular weight excluding hydrogens is 236 g/mol. The smallest absolute Gasteiger partial charge is 0.330 e. The molecule has 0 spiro atoms. The van der Waals surface area contributed by atoms with Gasteiger partial charge in [-0.25, -0.2) is 4.79 Å². The van der Waals surface area contributed by atoms with Crippen molar-refractivity contribution < 1.29 is 9.53 Å². The summed E-state index contributed by atoms with van der Waals surface area (Å²) in [5, 5.41) is 0. The molecule has 0 saturated carbocycles. The van der Waals surface area contributed by atoms with E-state index in [-0.39, 0.29) is 11.4 Å². The highest BCUT2D eigenvalue weighted by molar-refractivity contribution is 5.83. The van der Waals surface area contributed by atoms with E-state index in [1.54, 1.807) is 6.08 Å². The largest absolute Gasteiger partial charge is 0.463 e. The molecule has 0 aromatic rings. The second-order valence-electron chi connectivity index (χ2n) is 5.91. The summed E-state index contributed by atoms with van der Waals surface area (Å²) in [5.74, 6) is -0.266. The van der Waals surface area contributed by atoms with Crippen LogP contribution in [0.3, 0.4) is 0 Å². The summed E-state index contributed by atoms with van der Waals surface area (Å²) < 4.78 is 4.91. The second kappa shape index (κ2) is 6.74. The first-order valence-electron chi connectivity index (χ1n) is 7.10. The lowest BCUT2D eigenvalue weighted by molar-refractivity contribution is -0.137. The van der Waals surface area contributed by atoms with Crippen LogP contribution in [0.15, 0.2) is 34.9 Å². The van der Waals surface area contributed by atoms with Gasteiger partial charge in [-0.2, -0.15) is 0 Å². The fourth-order valence-electron chi connectivity index (χ4n) is 2.64. The zero-order valence-electron chi connectivity index (χ0n) is 12.9. The van der Waals surface area contributed by atoms with Gasteiger partial charge in [-0.15, -0.1) is 0 Å². The highest BCUT2D eigenvalue weighted by atomic mass is 16.5. The van der Waals surface area contributed by atoms with Gasteiger partial charge >= 0.3 is 5.97 Å². The molecule has 2 heteroatoms. The SMILES string of the molecule is CCOC(=O)/C=C(C)/C=C/C1=C(C)CCCC1(C)C. The lowest BCUT2D eigenvalue weighted by Gasteiger charge is -2.32. The van der Waals surface area contributed by atoms with Crippen LogP contribution in [0.2, 0.25) is 0 Å². The fraction of sp³-hybridized carbons (Fsp3) is 0.588. The van der Waals surface area contributed by atoms with Gasteiger partial charge in [0.15, 0.2) is 0 Å². The van der Waals surface area contributed by atoms with Crippen molar-refractivity contribution in [2.75, 3.05) is 6.61 Å². The van der Waals surface area contributed by atoms with Crippen LogP contribution in [0.1, 0.15) is 53.9 Å². The standard InChI is InChI=1S/C17H26O2/c1-6-19-16(18)12-13(2)9-10-15-14(3)8-7-11-17(15,4)5/h9-10,12H,6-8,11H2,1-5H3/b10-9+,13-12+. The average Bonchev–Trinajstić information content (AvgIpc) is 2.27. The maximum atomic E-state index is 11.4. The van der Waals surface area contributed by atoms with Crippen molar-refractivity contribution in [1.29, 1.82) is 0 Å². The van der Waals surface area contributed by atoms with E-state index in [9.17, 15) is 4.79 Å². The van der Waals surface area contributed by atoms with Gasteiger partial charge in [-0.1, -0.05) is 31.6 Å². The molecule has 0 aliphatic heterocycles. The van der Waals surface area contributed by atoms with E-state index in [1.165, 1.54) is 30.4 Å². The molecule has 0 aromatic carbocycles. The second-order valence-corrected chi connectivity index (χ2v) is 5.91. The van der Waals surface area contributed by atoms with Crippen LogP contribution in [0.5, 0.6) is 0 Å². The predicted molar refractivity (Wildman–Crippen MR) is 79.9 cm³/mol. The topological polar surface area (TPSA) is 26.3 Å². The molecule has 0 radical (unpaired) electrons. The van der Waals surface area contributed by atoms with Gasteiger partial charge in [0, 0.05) is 6.08 Å². The molecule has 1 aliphatic carbocycles. The van der Waals surface area contributed by atoms with Crippen molar-refractivity contribution in [2.24, 2.45) is 5.41 Å². The van der Waals surface area contributed by atoms with Gasteiger partial charge in [0.05, 0.1) is 6.61 Å². The monoisotopic (exact) mass is 262 g/mol. The van der Waals surface area contributed by atoms with Crippen LogP contribution < -0.4 is 0 Å². The minimum atomic E-state index is -0.266. The van der Waals surface area contributed by atoms with Gasteiger partial charge < -0.3 is 4.74 Å². The zero-order valence-corrected chi connectivity index (χ0v) is 12.9. The Kier molecular flexibility index (Phi) is 5.59. The normalized spacial score (nSPS) is 19.9. The molecule has 0 saturated heterocycles. The highest BCUT2D eigenvalue weighted by Crippen LogP contribution is 2.40. The van der Waals surface area contributed by atoms with Crippen LogP contribution in [0, 0.1) is 5.41 Å². The van der Waals surface area contributed by atoms with E-state index < -0.39 is 0 Å². The fourth-order valence-corrected chi connectivity index (χ4v) is 2.64. The Labute approximate surface area is 117 Å². The number of ether oxygens (including phenoxy) is 1. The first-order chi connectivity index (χ1) is 8.86. The first kappa shape index (κ1) is 15.7. The van der Waals surface area contributed by atoms with Crippen molar-refractivity contribution >= 4 is 5.97 Å². The van der Waals surface area contributed by atoms with Crippen molar-refractivity contribution in [3.8, 4) is 0 Å². The molecule has 0 unspecified atom stereocenters. The average molecular weight is 262 g/mol. The number of esters is 1. The van der Waals surface area contributed by atoms with Gasteiger partial charge in [0.25, 0.3) is 0 Å². The number of carbonyl (C=O) groups is 1. The molecule has 2 nitrogen and oxygen atoms in total. The first-order valence-corrected chi connectivity index (χ1v) is 7.10. The van der Waals surface area contributed by atoms with Crippen molar-refractivity contribution in [3.05, 3.63) is 34.9 Å². The molecule has 1 rings (SSSR count). The Morgan fingerprint density at radius 1 is 1.42 bits per heavy atom. The molecule has 0 amide bonds. The molecule has 0 atom stereocenters. The molecule has 0 fully saturated rings. The third-order valence-corrected chi connectivity index (χ3v) is 3.69. The number of rotatable bonds is 4. The molecular formula is C17H26O2. The molecule has 19 heavy (non-hydrogen) atoms. The zero-order chi connectivity index (χ0) is 14.5. The number of hydrogen-bond donors (Lipinski definition) is 0. The van der Waals surface area contributed by atoms with Crippen LogP contribution in [-0.2, 0) is 9.53 Å². The Balaban J connectivity index is 2.83. The Morgan fingerprint density at radius 3 is 2.68 bits per heavy atom. The van der Waals surface area contributed by atoms with E-state index in [2.05, 4.69) is 26.8 Å². The summed E-state index contributed by atoms with van der Waals surface area (Å²) in [6.45, 7) is 11.0. The van der Waals surface area contributed by atoms with Gasteiger partial charge in [0.1, 0.15) is 0 Å². The summed E-state index contributed by atoms with van der Waals surface area (Å²) >= 11 is 0. The third kappa shape index (κ3) is 4.70. The van der Waals surface area contributed by atoms with E-state index in [4.69, 9.17) is 4.74 Å². The van der Waals surface area contributed by atoms with Crippen LogP contribution in [0.25, 0.3) is 0 Å². The summed E-state index contributed by atoms with van der Waals surface area (Å²) in [6.07, 6.45) is 9.41. The summed E-state index contributed by atoms with van der Waals surface area (Å²) in [4.78, 5) is 11.4. The maximum absolute atomic E-state index is 11.4. The molecule has 1 aliphatic rings. The van der Waals surface area contributed by atoms with Crippen molar-refractivity contribution in [2.45, 2.75) is 53.9 Å².